The van der Waals surface area contributed by atoms with E-state index < -0.39 is 22.0 Å². The molecule has 1 fully saturated rings. The summed E-state index contributed by atoms with van der Waals surface area (Å²) in [6.45, 7) is 16.2. The minimum Gasteiger partial charge on any atom is -0.499 e. The topological polar surface area (TPSA) is 60.4 Å². The number of benzene rings is 1. The Balaban J connectivity index is 2.46. The number of fused-ring (bicyclic) bond motifs is 2. The lowest BCUT2D eigenvalue weighted by Crippen LogP contribution is -2.67. The molecule has 38 heavy (non-hydrogen) atoms. The number of ether oxygens (including phenoxy) is 1. The van der Waals surface area contributed by atoms with Crippen LogP contribution in [0.15, 0.2) is 76.6 Å². The average molecular weight is 517 g/mol. The van der Waals surface area contributed by atoms with E-state index >= 15 is 0 Å². The molecule has 3 unspecified atom stereocenters. The van der Waals surface area contributed by atoms with Crippen molar-refractivity contribution in [2.24, 2.45) is 22.2 Å². The van der Waals surface area contributed by atoms with Crippen LogP contribution in [-0.4, -0.2) is 24.5 Å². The van der Waals surface area contributed by atoms with E-state index in [2.05, 4.69) is 39.8 Å². The van der Waals surface area contributed by atoms with Gasteiger partial charge in [-0.05, 0) is 78.6 Å². The van der Waals surface area contributed by atoms with Gasteiger partial charge < -0.3 is 4.74 Å². The summed E-state index contributed by atoms with van der Waals surface area (Å²) in [6, 6.07) is 8.85. The number of carbonyl (C=O) groups is 3. The molecular formula is C34H44O4. The zero-order valence-corrected chi connectivity index (χ0v) is 24.7. The first kappa shape index (κ1) is 29.5. The SMILES string of the molecule is COC1=C(C(=O)c2ccccc2)C(=O)C2(CC=C(C)C)C(=O)C1(CC=C(C)C)CC(CC=C(C)C)C2(C)C. The monoisotopic (exact) mass is 516 g/mol. The Morgan fingerprint density at radius 3 is 1.97 bits per heavy atom. The third-order valence-electron chi connectivity index (χ3n) is 8.77. The fourth-order valence-corrected chi connectivity index (χ4v) is 6.41. The number of allylic oxidation sites excluding steroid dienone is 8. The van der Waals surface area contributed by atoms with Gasteiger partial charge in [0.1, 0.15) is 16.7 Å². The van der Waals surface area contributed by atoms with Crippen LogP contribution in [0.3, 0.4) is 0 Å². The molecule has 3 rings (SSSR count). The average Bonchev–Trinajstić information content (AvgIpc) is 2.85. The lowest BCUT2D eigenvalue weighted by atomic mass is 9.40. The Kier molecular flexibility index (Phi) is 8.55. The Labute approximate surface area is 228 Å². The number of carbonyl (C=O) groups excluding carboxylic acids is 3. The van der Waals surface area contributed by atoms with Crippen molar-refractivity contribution >= 4 is 17.3 Å². The second kappa shape index (κ2) is 11.0. The molecular weight excluding hydrogens is 472 g/mol. The van der Waals surface area contributed by atoms with Crippen LogP contribution in [0.4, 0.5) is 0 Å². The molecule has 0 aromatic heterocycles. The molecule has 0 amide bonds. The van der Waals surface area contributed by atoms with Crippen LogP contribution in [0.5, 0.6) is 0 Å². The van der Waals surface area contributed by atoms with Crippen LogP contribution in [0, 0.1) is 22.2 Å². The summed E-state index contributed by atoms with van der Waals surface area (Å²) in [5.74, 6) is -0.602. The largest absolute Gasteiger partial charge is 0.499 e. The van der Waals surface area contributed by atoms with Crippen molar-refractivity contribution in [2.75, 3.05) is 7.11 Å². The summed E-state index contributed by atoms with van der Waals surface area (Å²) >= 11 is 0. The number of hydrogen-bond acceptors (Lipinski definition) is 4. The van der Waals surface area contributed by atoms with E-state index in [4.69, 9.17) is 4.74 Å². The van der Waals surface area contributed by atoms with E-state index in [1.165, 1.54) is 12.7 Å². The third-order valence-corrected chi connectivity index (χ3v) is 8.77. The highest BCUT2D eigenvalue weighted by molar-refractivity contribution is 6.35. The molecule has 1 aromatic carbocycles. The standard InChI is InChI=1S/C34H44O4/c1-22(2)15-16-26-21-33(19-17-23(3)4)30(38-9)27(28(35)25-13-11-10-12-14-25)29(36)34(31(33)37,32(26,7)8)20-18-24(5)6/h10-15,17-18,26H,16,19-21H2,1-9H3. The van der Waals surface area contributed by atoms with Crippen LogP contribution >= 0.6 is 0 Å². The van der Waals surface area contributed by atoms with Crippen LogP contribution in [0.2, 0.25) is 0 Å². The second-order valence-corrected chi connectivity index (χ2v) is 12.4. The van der Waals surface area contributed by atoms with Crippen molar-refractivity contribution in [3.05, 3.63) is 82.2 Å². The molecule has 204 valence electrons. The highest BCUT2D eigenvalue weighted by Gasteiger charge is 2.72. The van der Waals surface area contributed by atoms with Gasteiger partial charge in [-0.25, -0.2) is 0 Å². The minimum absolute atomic E-state index is 0.0358. The van der Waals surface area contributed by atoms with Crippen molar-refractivity contribution in [1.29, 1.82) is 0 Å². The normalized spacial score (nSPS) is 26.0. The molecule has 3 atom stereocenters. The quantitative estimate of drug-likeness (QED) is 0.144. The van der Waals surface area contributed by atoms with Gasteiger partial charge >= 0.3 is 0 Å². The summed E-state index contributed by atoms with van der Waals surface area (Å²) in [7, 11) is 1.49. The molecule has 1 aromatic rings. The Hall–Kier alpha value is -3.01. The summed E-state index contributed by atoms with van der Waals surface area (Å²) in [4.78, 5) is 43.8. The number of methoxy groups -OCH3 is 1. The Bertz CT molecular complexity index is 1230. The maximum absolute atomic E-state index is 14.9. The lowest BCUT2D eigenvalue weighted by Gasteiger charge is -2.60. The van der Waals surface area contributed by atoms with E-state index in [0.717, 1.165) is 17.6 Å². The number of Topliss-reactive ketones (excluding diaryl/α,β-unsaturated/α-hetero) is 3. The van der Waals surface area contributed by atoms with Gasteiger partial charge in [-0.1, -0.05) is 79.1 Å². The highest BCUT2D eigenvalue weighted by atomic mass is 16.5. The smallest absolute Gasteiger partial charge is 0.200 e. The van der Waals surface area contributed by atoms with Crippen molar-refractivity contribution in [2.45, 2.75) is 81.1 Å². The second-order valence-electron chi connectivity index (χ2n) is 12.4. The maximum atomic E-state index is 14.9. The summed E-state index contributed by atoms with van der Waals surface area (Å²) in [5, 5.41) is 0. The molecule has 2 aliphatic rings. The summed E-state index contributed by atoms with van der Waals surface area (Å²) in [5.41, 5.74) is 0.626. The molecule has 2 bridgehead atoms. The zero-order valence-electron chi connectivity index (χ0n) is 24.7. The van der Waals surface area contributed by atoms with Gasteiger partial charge in [0.05, 0.1) is 12.5 Å². The van der Waals surface area contributed by atoms with Crippen molar-refractivity contribution in [3.63, 3.8) is 0 Å². The molecule has 0 N–H and O–H groups in total. The predicted octanol–water partition coefficient (Wildman–Crippen LogP) is 8.01. The molecule has 0 saturated heterocycles. The first-order valence-electron chi connectivity index (χ1n) is 13.6. The number of rotatable bonds is 9. The first-order chi connectivity index (χ1) is 17.8. The molecule has 0 radical (unpaired) electrons. The van der Waals surface area contributed by atoms with Gasteiger partial charge in [-0.15, -0.1) is 0 Å². The van der Waals surface area contributed by atoms with E-state index in [-0.39, 0.29) is 35.2 Å². The van der Waals surface area contributed by atoms with Crippen molar-refractivity contribution in [3.8, 4) is 0 Å². The van der Waals surface area contributed by atoms with Crippen molar-refractivity contribution < 1.29 is 19.1 Å². The Morgan fingerprint density at radius 2 is 1.45 bits per heavy atom. The van der Waals surface area contributed by atoms with Gasteiger partial charge in [0.2, 0.25) is 0 Å². The lowest BCUT2D eigenvalue weighted by molar-refractivity contribution is -0.171. The zero-order chi connectivity index (χ0) is 28.5. The van der Waals surface area contributed by atoms with Crippen LogP contribution < -0.4 is 0 Å². The van der Waals surface area contributed by atoms with Crippen LogP contribution in [-0.2, 0) is 14.3 Å². The van der Waals surface area contributed by atoms with Gasteiger partial charge in [-0.2, -0.15) is 0 Å². The fraction of sp³-hybridized carbons (Fsp3) is 0.500. The van der Waals surface area contributed by atoms with Crippen LogP contribution in [0.1, 0.15) is 91.4 Å². The van der Waals surface area contributed by atoms with E-state index in [0.29, 0.717) is 18.4 Å². The number of ketones is 3. The van der Waals surface area contributed by atoms with Gasteiger partial charge in [0.15, 0.2) is 17.3 Å². The fourth-order valence-electron chi connectivity index (χ4n) is 6.41. The van der Waals surface area contributed by atoms with E-state index in [9.17, 15) is 14.4 Å². The Morgan fingerprint density at radius 1 is 0.895 bits per heavy atom. The van der Waals surface area contributed by atoms with Crippen LogP contribution in [0.25, 0.3) is 0 Å². The molecule has 4 nitrogen and oxygen atoms in total. The predicted molar refractivity (Wildman–Crippen MR) is 154 cm³/mol. The summed E-state index contributed by atoms with van der Waals surface area (Å²) < 4.78 is 5.98. The van der Waals surface area contributed by atoms with E-state index in [1.807, 2.05) is 39.8 Å². The molecule has 1 saturated carbocycles. The minimum atomic E-state index is -1.38. The molecule has 2 aliphatic carbocycles. The van der Waals surface area contributed by atoms with Gasteiger partial charge in [0, 0.05) is 5.56 Å². The first-order valence-corrected chi connectivity index (χ1v) is 13.6. The highest BCUT2D eigenvalue weighted by Crippen LogP contribution is 2.66. The molecule has 0 spiro atoms. The summed E-state index contributed by atoms with van der Waals surface area (Å²) in [6.07, 6.45) is 8.19. The molecule has 0 heterocycles. The maximum Gasteiger partial charge on any atom is 0.200 e. The van der Waals surface area contributed by atoms with Gasteiger partial charge in [-0.3, -0.25) is 14.4 Å². The van der Waals surface area contributed by atoms with Crippen molar-refractivity contribution in [1.82, 2.24) is 0 Å². The molecule has 0 aliphatic heterocycles. The van der Waals surface area contributed by atoms with E-state index in [1.54, 1.807) is 24.3 Å². The third kappa shape index (κ3) is 4.79. The number of hydrogen-bond donors (Lipinski definition) is 0. The molecule has 4 heteroatoms. The van der Waals surface area contributed by atoms with Gasteiger partial charge in [0.25, 0.3) is 0 Å².